The number of primary amides is 1. The highest BCUT2D eigenvalue weighted by Crippen LogP contribution is 2.42. The lowest BCUT2D eigenvalue weighted by atomic mass is 9.72. The molecule has 2 saturated heterocycles. The number of benzene rings is 2. The van der Waals surface area contributed by atoms with Crippen LogP contribution in [0.3, 0.4) is 0 Å². The topological polar surface area (TPSA) is 125 Å². The fourth-order valence-corrected chi connectivity index (χ4v) is 6.66. The van der Waals surface area contributed by atoms with Crippen molar-refractivity contribution >= 4 is 22.6 Å². The SMILES string of the molecule is Cc1nc(C(N)=O)cc2nc(-c3ccc(CN4CC5(CCN(c6ccnc(C#N)n6)CC5)C4)cc3)c(-c3ccccc3)cc12. The highest BCUT2D eigenvalue weighted by molar-refractivity contribution is 5.98. The monoisotopic (exact) mass is 580 g/mol. The van der Waals surface area contributed by atoms with Gasteiger partial charge in [-0.25, -0.2) is 19.9 Å². The highest BCUT2D eigenvalue weighted by Gasteiger charge is 2.44. The molecule has 9 heteroatoms. The van der Waals surface area contributed by atoms with Crippen LogP contribution in [0.2, 0.25) is 0 Å². The van der Waals surface area contributed by atoms with E-state index in [4.69, 9.17) is 16.0 Å². The first kappa shape index (κ1) is 27.6. The molecule has 1 spiro atoms. The van der Waals surface area contributed by atoms with Crippen molar-refractivity contribution in [3.8, 4) is 28.5 Å². The number of nitrogens with zero attached hydrogens (tertiary/aromatic N) is 7. The van der Waals surface area contributed by atoms with E-state index in [1.54, 1.807) is 12.3 Å². The second kappa shape index (κ2) is 11.1. The smallest absolute Gasteiger partial charge is 0.267 e. The number of likely N-dealkylation sites (tertiary alicyclic amines) is 1. The summed E-state index contributed by atoms with van der Waals surface area (Å²) in [5.74, 6) is 0.508. The van der Waals surface area contributed by atoms with Crippen LogP contribution >= 0.6 is 0 Å². The van der Waals surface area contributed by atoms with E-state index in [0.29, 0.717) is 10.9 Å². The molecule has 2 aliphatic rings. The Kier molecular flexibility index (Phi) is 6.99. The third-order valence-electron chi connectivity index (χ3n) is 8.98. The van der Waals surface area contributed by atoms with Crippen LogP contribution < -0.4 is 10.6 Å². The largest absolute Gasteiger partial charge is 0.364 e. The van der Waals surface area contributed by atoms with Gasteiger partial charge in [-0.1, -0.05) is 54.6 Å². The fourth-order valence-electron chi connectivity index (χ4n) is 6.66. The Hall–Kier alpha value is -5.20. The van der Waals surface area contributed by atoms with E-state index in [1.165, 1.54) is 5.56 Å². The van der Waals surface area contributed by atoms with Crippen molar-refractivity contribution in [2.45, 2.75) is 26.3 Å². The van der Waals surface area contributed by atoms with Gasteiger partial charge in [0.2, 0.25) is 5.82 Å². The lowest BCUT2D eigenvalue weighted by Gasteiger charge is -2.54. The van der Waals surface area contributed by atoms with E-state index in [9.17, 15) is 4.79 Å². The van der Waals surface area contributed by atoms with Crippen LogP contribution in [0.15, 0.2) is 79.0 Å². The molecule has 9 nitrogen and oxygen atoms in total. The number of piperidine rings is 1. The maximum Gasteiger partial charge on any atom is 0.267 e. The molecule has 0 unspecified atom stereocenters. The van der Waals surface area contributed by atoms with Crippen molar-refractivity contribution in [1.82, 2.24) is 24.8 Å². The minimum absolute atomic E-state index is 0.219. The Morgan fingerprint density at radius 1 is 0.955 bits per heavy atom. The minimum Gasteiger partial charge on any atom is -0.364 e. The van der Waals surface area contributed by atoms with Crippen molar-refractivity contribution in [3.63, 3.8) is 0 Å². The quantitative estimate of drug-likeness (QED) is 0.293. The molecule has 5 heterocycles. The molecule has 2 aliphatic heterocycles. The molecule has 7 rings (SSSR count). The predicted octanol–water partition coefficient (Wildman–Crippen LogP) is 5.14. The van der Waals surface area contributed by atoms with Crippen molar-refractivity contribution in [3.05, 3.63) is 102 Å². The number of rotatable bonds is 6. The van der Waals surface area contributed by atoms with Crippen LogP contribution in [0.25, 0.3) is 33.3 Å². The van der Waals surface area contributed by atoms with E-state index in [0.717, 1.165) is 84.8 Å². The van der Waals surface area contributed by atoms with Crippen molar-refractivity contribution in [1.29, 1.82) is 5.26 Å². The number of carbonyl (C=O) groups is 1. The molecule has 3 aromatic heterocycles. The minimum atomic E-state index is -0.562. The van der Waals surface area contributed by atoms with E-state index in [2.05, 4.69) is 67.2 Å². The van der Waals surface area contributed by atoms with Gasteiger partial charge >= 0.3 is 0 Å². The Morgan fingerprint density at radius 3 is 2.41 bits per heavy atom. The van der Waals surface area contributed by atoms with Gasteiger partial charge in [0.1, 0.15) is 17.6 Å². The summed E-state index contributed by atoms with van der Waals surface area (Å²) in [6.07, 6.45) is 3.91. The molecule has 0 aliphatic carbocycles. The van der Waals surface area contributed by atoms with Gasteiger partial charge in [0.25, 0.3) is 5.91 Å². The van der Waals surface area contributed by atoms with Gasteiger partial charge in [-0.2, -0.15) is 5.26 Å². The molecule has 2 aromatic carbocycles. The lowest BCUT2D eigenvalue weighted by molar-refractivity contribution is -0.0240. The third kappa shape index (κ3) is 5.25. The molecule has 2 fully saturated rings. The number of hydrogen-bond donors (Lipinski definition) is 1. The number of pyridine rings is 2. The summed E-state index contributed by atoms with van der Waals surface area (Å²) in [5, 5.41) is 10.0. The zero-order chi connectivity index (χ0) is 30.3. The number of nitrogens with two attached hydrogens (primary N) is 1. The Morgan fingerprint density at radius 2 is 1.70 bits per heavy atom. The van der Waals surface area contributed by atoms with Gasteiger partial charge in [0.05, 0.1) is 11.2 Å². The van der Waals surface area contributed by atoms with E-state index in [1.807, 2.05) is 37.3 Å². The highest BCUT2D eigenvalue weighted by atomic mass is 16.1. The van der Waals surface area contributed by atoms with Gasteiger partial charge < -0.3 is 10.6 Å². The molecule has 0 saturated carbocycles. The average Bonchev–Trinajstić information content (AvgIpc) is 3.04. The standard InChI is InChI=1S/C35H32N8O/c1-23-27-17-28(25-5-3-2-4-6-25)33(40-29(27)18-30(39-23)34(37)44)26-9-7-24(8-10-26)20-42-21-35(22-42)12-15-43(16-13-35)32-11-14-38-31(19-36)41-32/h2-11,14,17-18H,12-13,15-16,20-22H2,1H3,(H2,37,44). The lowest BCUT2D eigenvalue weighted by Crippen LogP contribution is -2.59. The number of aryl methyl sites for hydroxylation is 1. The molecular weight excluding hydrogens is 548 g/mol. The van der Waals surface area contributed by atoms with Gasteiger partial charge in [0, 0.05) is 61.1 Å². The summed E-state index contributed by atoms with van der Waals surface area (Å²) >= 11 is 0. The summed E-state index contributed by atoms with van der Waals surface area (Å²) in [4.78, 5) is 34.5. The molecule has 0 bridgehead atoms. The Labute approximate surface area is 256 Å². The predicted molar refractivity (Wildman–Crippen MR) is 170 cm³/mol. The third-order valence-corrected chi connectivity index (χ3v) is 8.98. The average molecular weight is 581 g/mol. The number of amides is 1. The Bertz CT molecular complexity index is 1900. The summed E-state index contributed by atoms with van der Waals surface area (Å²) in [5.41, 5.74) is 12.8. The molecular formula is C35H32N8O. The number of nitriles is 1. The van der Waals surface area contributed by atoms with E-state index in [-0.39, 0.29) is 11.5 Å². The van der Waals surface area contributed by atoms with Crippen molar-refractivity contribution in [2.24, 2.45) is 11.1 Å². The van der Waals surface area contributed by atoms with Crippen LogP contribution in [-0.4, -0.2) is 56.9 Å². The first-order valence-corrected chi connectivity index (χ1v) is 14.9. The number of hydrogen-bond acceptors (Lipinski definition) is 8. The van der Waals surface area contributed by atoms with Crippen LogP contribution in [0.1, 0.15) is 40.4 Å². The summed E-state index contributed by atoms with van der Waals surface area (Å²) in [6.45, 7) is 6.87. The van der Waals surface area contributed by atoms with Crippen LogP contribution in [-0.2, 0) is 6.54 Å². The molecule has 2 N–H and O–H groups in total. The summed E-state index contributed by atoms with van der Waals surface area (Å²) in [7, 11) is 0. The number of anilines is 1. The second-order valence-corrected chi connectivity index (χ2v) is 12.0. The van der Waals surface area contributed by atoms with E-state index < -0.39 is 5.91 Å². The molecule has 44 heavy (non-hydrogen) atoms. The molecule has 218 valence electrons. The van der Waals surface area contributed by atoms with Crippen molar-refractivity contribution in [2.75, 3.05) is 31.1 Å². The number of carbonyl (C=O) groups excluding carboxylic acids is 1. The van der Waals surface area contributed by atoms with Crippen LogP contribution in [0, 0.1) is 23.7 Å². The molecule has 5 aromatic rings. The van der Waals surface area contributed by atoms with Crippen LogP contribution in [0.4, 0.5) is 5.82 Å². The van der Waals surface area contributed by atoms with Gasteiger partial charge in [-0.3, -0.25) is 9.69 Å². The second-order valence-electron chi connectivity index (χ2n) is 12.0. The van der Waals surface area contributed by atoms with Crippen molar-refractivity contribution < 1.29 is 4.79 Å². The maximum atomic E-state index is 11.9. The first-order valence-electron chi connectivity index (χ1n) is 14.9. The molecule has 0 radical (unpaired) electrons. The number of fused-ring (bicyclic) bond motifs is 1. The zero-order valence-corrected chi connectivity index (χ0v) is 24.6. The zero-order valence-electron chi connectivity index (χ0n) is 24.6. The maximum absolute atomic E-state index is 11.9. The molecule has 1 amide bonds. The summed E-state index contributed by atoms with van der Waals surface area (Å²) in [6, 6.07) is 26.6. The molecule has 0 atom stereocenters. The van der Waals surface area contributed by atoms with Gasteiger partial charge in [0.15, 0.2) is 0 Å². The van der Waals surface area contributed by atoms with E-state index >= 15 is 0 Å². The van der Waals surface area contributed by atoms with Crippen LogP contribution in [0.5, 0.6) is 0 Å². The summed E-state index contributed by atoms with van der Waals surface area (Å²) < 4.78 is 0. The first-order chi connectivity index (χ1) is 21.4. The fraction of sp³-hybridized carbons (Fsp3) is 0.257. The normalized spacial score (nSPS) is 16.0. The number of aromatic nitrogens is 4. The Balaban J connectivity index is 1.07. The van der Waals surface area contributed by atoms with Gasteiger partial charge in [-0.05, 0) is 54.5 Å². The van der Waals surface area contributed by atoms with Gasteiger partial charge in [-0.15, -0.1) is 0 Å².